The van der Waals surface area contributed by atoms with E-state index in [2.05, 4.69) is 10.5 Å². The topological polar surface area (TPSA) is 80.2 Å². The number of nitrogens with one attached hydrogen (secondary N) is 1. The number of rotatable bonds is 6. The molecule has 0 unspecified atom stereocenters. The normalized spacial score (nSPS) is 17.1. The second kappa shape index (κ2) is 9.39. The Kier molecular flexibility index (Phi) is 6.42. The lowest BCUT2D eigenvalue weighted by molar-refractivity contribution is -0.139. The fraction of sp³-hybridized carbons (Fsp3) is 0.348. The minimum absolute atomic E-state index is 0.0438. The highest BCUT2D eigenvalue weighted by Crippen LogP contribution is 2.34. The fourth-order valence-corrected chi connectivity index (χ4v) is 3.93. The number of piperidine rings is 1. The van der Waals surface area contributed by atoms with E-state index in [1.165, 1.54) is 0 Å². The van der Waals surface area contributed by atoms with Crippen molar-refractivity contribution in [3.8, 4) is 5.75 Å². The largest absolute Gasteiger partial charge is 0.484 e. The van der Waals surface area contributed by atoms with E-state index in [0.717, 1.165) is 5.56 Å². The molecule has 7 nitrogen and oxygen atoms in total. The van der Waals surface area contributed by atoms with Crippen LogP contribution in [0.5, 0.6) is 5.75 Å². The summed E-state index contributed by atoms with van der Waals surface area (Å²) in [5, 5.41) is 7.49. The highest BCUT2D eigenvalue weighted by Gasteiger charge is 2.44. The Balaban J connectivity index is 1.22. The highest BCUT2D eigenvalue weighted by atomic mass is 35.5. The Morgan fingerprint density at radius 2 is 1.90 bits per heavy atom. The summed E-state index contributed by atoms with van der Waals surface area (Å²) in [4.78, 5) is 32.4. The number of oxime groups is 1. The molecule has 2 heterocycles. The number of carbonyl (C=O) groups excluding carboxylic acids is 2. The smallest absolute Gasteiger partial charge is 0.269 e. The van der Waals surface area contributed by atoms with Crippen LogP contribution in [0.15, 0.2) is 59.8 Å². The summed E-state index contributed by atoms with van der Waals surface area (Å²) in [5.41, 5.74) is 0.918. The van der Waals surface area contributed by atoms with Crippen molar-refractivity contribution in [3.63, 3.8) is 0 Å². The molecule has 0 atom stereocenters. The Morgan fingerprint density at radius 3 is 2.65 bits per heavy atom. The minimum Gasteiger partial charge on any atom is -0.484 e. The summed E-state index contributed by atoms with van der Waals surface area (Å²) in [5.74, 6) is 0.261. The van der Waals surface area contributed by atoms with Crippen molar-refractivity contribution >= 4 is 29.1 Å². The zero-order valence-electron chi connectivity index (χ0n) is 17.1. The maximum Gasteiger partial charge on any atom is 0.269 e. The molecule has 0 saturated carbocycles. The van der Waals surface area contributed by atoms with Crippen LogP contribution in [0.4, 0.5) is 0 Å². The Morgan fingerprint density at radius 1 is 1.13 bits per heavy atom. The van der Waals surface area contributed by atoms with E-state index in [0.29, 0.717) is 55.4 Å². The minimum atomic E-state index is -0.510. The van der Waals surface area contributed by atoms with Crippen molar-refractivity contribution in [2.24, 2.45) is 5.16 Å². The molecule has 2 aliphatic rings. The van der Waals surface area contributed by atoms with Crippen LogP contribution in [0.3, 0.4) is 0 Å². The number of benzene rings is 2. The highest BCUT2D eigenvalue weighted by molar-refractivity contribution is 6.39. The molecule has 1 saturated heterocycles. The van der Waals surface area contributed by atoms with Crippen molar-refractivity contribution in [2.45, 2.75) is 31.4 Å². The lowest BCUT2D eigenvalue weighted by Crippen LogP contribution is -2.48. The number of carbonyl (C=O) groups is 2. The summed E-state index contributed by atoms with van der Waals surface area (Å²) in [7, 11) is 0. The average molecular weight is 442 g/mol. The van der Waals surface area contributed by atoms with Gasteiger partial charge in [-0.3, -0.25) is 9.59 Å². The van der Waals surface area contributed by atoms with Gasteiger partial charge in [-0.1, -0.05) is 53.2 Å². The summed E-state index contributed by atoms with van der Waals surface area (Å²) < 4.78 is 5.55. The zero-order valence-corrected chi connectivity index (χ0v) is 17.8. The monoisotopic (exact) mass is 441 g/mol. The van der Waals surface area contributed by atoms with Crippen molar-refractivity contribution in [3.05, 3.63) is 65.2 Å². The molecule has 0 aliphatic carbocycles. The molecular weight excluding hydrogens is 418 g/mol. The second-order valence-corrected chi connectivity index (χ2v) is 8.22. The predicted octanol–water partition coefficient (Wildman–Crippen LogP) is 3.17. The summed E-state index contributed by atoms with van der Waals surface area (Å²) in [6.45, 7) is 1.47. The third kappa shape index (κ3) is 5.35. The molecule has 31 heavy (non-hydrogen) atoms. The molecule has 2 aromatic carbocycles. The number of ether oxygens (including phenoxy) is 1. The molecule has 2 aromatic rings. The first kappa shape index (κ1) is 21.2. The van der Waals surface area contributed by atoms with Gasteiger partial charge < -0.3 is 19.8 Å². The van der Waals surface area contributed by atoms with Gasteiger partial charge in [-0.25, -0.2) is 0 Å². The van der Waals surface area contributed by atoms with Crippen molar-refractivity contribution in [2.75, 3.05) is 19.7 Å². The number of hydrogen-bond acceptors (Lipinski definition) is 5. The van der Waals surface area contributed by atoms with Gasteiger partial charge in [0.2, 0.25) is 0 Å². The first-order valence-electron chi connectivity index (χ1n) is 10.3. The molecule has 2 aliphatic heterocycles. The molecule has 1 N–H and O–H groups in total. The molecule has 4 rings (SSSR count). The van der Waals surface area contributed by atoms with Gasteiger partial charge in [-0.15, -0.1) is 0 Å². The number of nitrogens with zero attached hydrogens (tertiary/aromatic N) is 2. The van der Waals surface area contributed by atoms with Crippen molar-refractivity contribution in [1.82, 2.24) is 10.2 Å². The molecular formula is C23H24ClN3O4. The third-order valence-electron chi connectivity index (χ3n) is 5.58. The number of hydrogen-bond donors (Lipinski definition) is 1. The summed E-state index contributed by atoms with van der Waals surface area (Å²) in [6.07, 6.45) is 1.69. The zero-order chi connectivity index (χ0) is 21.7. The fourth-order valence-electron chi connectivity index (χ4n) is 3.75. The van der Waals surface area contributed by atoms with E-state index < -0.39 is 5.60 Å². The van der Waals surface area contributed by atoms with Crippen LogP contribution in [-0.2, 0) is 21.0 Å². The van der Waals surface area contributed by atoms with E-state index in [1.54, 1.807) is 29.2 Å². The average Bonchev–Trinajstić information content (AvgIpc) is 3.21. The quantitative estimate of drug-likeness (QED) is 0.746. The van der Waals surface area contributed by atoms with E-state index in [1.807, 2.05) is 30.3 Å². The standard InChI is InChI=1S/C23H24ClN3O4/c24-18-7-4-8-19(13-18)30-16-21(28)27-11-9-23(10-12-27)14-20(26-31-23)22(29)25-15-17-5-2-1-3-6-17/h1-8,13H,9-12,14-16H2,(H,25,29). The Hall–Kier alpha value is -3.06. The molecule has 2 amide bonds. The lowest BCUT2D eigenvalue weighted by atomic mass is 9.86. The molecule has 162 valence electrons. The number of amides is 2. The van der Waals surface area contributed by atoms with Crippen LogP contribution in [0, 0.1) is 0 Å². The SMILES string of the molecule is O=C(NCc1ccccc1)C1=NOC2(CCN(C(=O)COc3cccc(Cl)c3)CC2)C1. The van der Waals surface area contributed by atoms with Crippen molar-refractivity contribution < 1.29 is 19.2 Å². The summed E-state index contributed by atoms with van der Waals surface area (Å²) >= 11 is 5.93. The van der Waals surface area contributed by atoms with E-state index in [4.69, 9.17) is 21.2 Å². The second-order valence-electron chi connectivity index (χ2n) is 7.78. The van der Waals surface area contributed by atoms with Gasteiger partial charge in [0.1, 0.15) is 17.1 Å². The molecule has 1 fully saturated rings. The van der Waals surface area contributed by atoms with Crippen LogP contribution < -0.4 is 10.1 Å². The third-order valence-corrected chi connectivity index (χ3v) is 5.82. The maximum absolute atomic E-state index is 12.5. The molecule has 0 bridgehead atoms. The van der Waals surface area contributed by atoms with Gasteiger partial charge in [0.05, 0.1) is 0 Å². The van der Waals surface area contributed by atoms with Crippen LogP contribution in [-0.4, -0.2) is 47.7 Å². The van der Waals surface area contributed by atoms with Gasteiger partial charge in [-0.05, 0) is 23.8 Å². The van der Waals surface area contributed by atoms with Crippen LogP contribution in [0.1, 0.15) is 24.8 Å². The molecule has 0 radical (unpaired) electrons. The summed E-state index contributed by atoms with van der Waals surface area (Å²) in [6, 6.07) is 16.7. The lowest BCUT2D eigenvalue weighted by Gasteiger charge is -2.37. The van der Waals surface area contributed by atoms with Gasteiger partial charge in [0.15, 0.2) is 6.61 Å². The molecule has 1 spiro atoms. The van der Waals surface area contributed by atoms with Crippen molar-refractivity contribution in [1.29, 1.82) is 0 Å². The number of halogens is 1. The molecule has 8 heteroatoms. The van der Waals surface area contributed by atoms with Gasteiger partial charge in [0.25, 0.3) is 11.8 Å². The van der Waals surface area contributed by atoms with E-state index in [9.17, 15) is 9.59 Å². The molecule has 0 aromatic heterocycles. The Bertz CT molecular complexity index is 972. The van der Waals surface area contributed by atoms with Crippen LogP contribution in [0.2, 0.25) is 5.02 Å². The predicted molar refractivity (Wildman–Crippen MR) is 117 cm³/mol. The number of likely N-dealkylation sites (tertiary alicyclic amines) is 1. The van der Waals surface area contributed by atoms with Gasteiger partial charge in [-0.2, -0.15) is 0 Å². The first-order chi connectivity index (χ1) is 15.0. The van der Waals surface area contributed by atoms with Crippen LogP contribution >= 0.6 is 11.6 Å². The first-order valence-corrected chi connectivity index (χ1v) is 10.6. The maximum atomic E-state index is 12.5. The van der Waals surface area contributed by atoms with E-state index in [-0.39, 0.29) is 18.4 Å². The van der Waals surface area contributed by atoms with Gasteiger partial charge in [0, 0.05) is 43.9 Å². The Labute approximate surface area is 186 Å². The van der Waals surface area contributed by atoms with Gasteiger partial charge >= 0.3 is 0 Å². The van der Waals surface area contributed by atoms with Crippen LogP contribution in [0.25, 0.3) is 0 Å². The van der Waals surface area contributed by atoms with E-state index >= 15 is 0 Å².